The van der Waals surface area contributed by atoms with Gasteiger partial charge in [0.2, 0.25) is 0 Å². The quantitative estimate of drug-likeness (QED) is 0.697. The Morgan fingerprint density at radius 1 is 1.83 bits per heavy atom. The SMILES string of the molecule is Cc1cc(C(=O)NCC#N)cs1. The van der Waals surface area contributed by atoms with Gasteiger partial charge in [0.15, 0.2) is 0 Å². The highest BCUT2D eigenvalue weighted by Gasteiger charge is 2.05. The highest BCUT2D eigenvalue weighted by Crippen LogP contribution is 2.12. The Hall–Kier alpha value is -1.34. The Morgan fingerprint density at radius 3 is 3.08 bits per heavy atom. The van der Waals surface area contributed by atoms with Gasteiger partial charge in [-0.05, 0) is 13.0 Å². The number of nitrogens with one attached hydrogen (secondary N) is 1. The molecule has 12 heavy (non-hydrogen) atoms. The summed E-state index contributed by atoms with van der Waals surface area (Å²) in [4.78, 5) is 12.3. The predicted octanol–water partition coefficient (Wildman–Crippen LogP) is 1.31. The molecule has 0 aliphatic heterocycles. The van der Waals surface area contributed by atoms with Gasteiger partial charge < -0.3 is 5.32 Å². The second-order valence-corrected chi connectivity index (χ2v) is 3.40. The predicted molar refractivity (Wildman–Crippen MR) is 47.0 cm³/mol. The Balaban J connectivity index is 2.61. The number of carbonyl (C=O) groups is 1. The lowest BCUT2D eigenvalue weighted by atomic mass is 10.3. The maximum atomic E-state index is 11.2. The van der Waals surface area contributed by atoms with Crippen molar-refractivity contribution < 1.29 is 4.79 Å². The lowest BCUT2D eigenvalue weighted by molar-refractivity contribution is 0.0959. The first kappa shape index (κ1) is 8.75. The lowest BCUT2D eigenvalue weighted by Crippen LogP contribution is -2.22. The van der Waals surface area contributed by atoms with Gasteiger partial charge in [-0.3, -0.25) is 4.79 Å². The topological polar surface area (TPSA) is 52.9 Å². The van der Waals surface area contributed by atoms with Crippen molar-refractivity contribution in [1.82, 2.24) is 5.32 Å². The van der Waals surface area contributed by atoms with Crippen LogP contribution in [0.5, 0.6) is 0 Å². The van der Waals surface area contributed by atoms with Crippen molar-refractivity contribution in [2.75, 3.05) is 6.54 Å². The van der Waals surface area contributed by atoms with Crippen molar-refractivity contribution in [2.24, 2.45) is 0 Å². The van der Waals surface area contributed by atoms with Gasteiger partial charge in [0.25, 0.3) is 5.91 Å². The fraction of sp³-hybridized carbons (Fsp3) is 0.250. The van der Waals surface area contributed by atoms with Gasteiger partial charge in [0.05, 0.1) is 11.6 Å². The average molecular weight is 180 g/mol. The monoisotopic (exact) mass is 180 g/mol. The van der Waals surface area contributed by atoms with Gasteiger partial charge in [-0.15, -0.1) is 11.3 Å². The van der Waals surface area contributed by atoms with Crippen LogP contribution in [0, 0.1) is 18.3 Å². The number of nitrogens with zero attached hydrogens (tertiary/aromatic N) is 1. The minimum atomic E-state index is -0.180. The molecule has 0 spiro atoms. The molecule has 0 saturated carbocycles. The van der Waals surface area contributed by atoms with Gasteiger partial charge in [-0.2, -0.15) is 5.26 Å². The number of rotatable bonds is 2. The number of amides is 1. The number of nitriles is 1. The van der Waals surface area contributed by atoms with Crippen molar-refractivity contribution in [3.63, 3.8) is 0 Å². The molecule has 4 heteroatoms. The fourth-order valence-electron chi connectivity index (χ4n) is 0.784. The summed E-state index contributed by atoms with van der Waals surface area (Å²) < 4.78 is 0. The smallest absolute Gasteiger partial charge is 0.252 e. The van der Waals surface area contributed by atoms with Crippen LogP contribution < -0.4 is 5.32 Å². The third-order valence-electron chi connectivity index (χ3n) is 1.32. The van der Waals surface area contributed by atoms with Crippen LogP contribution in [0.15, 0.2) is 11.4 Å². The van der Waals surface area contributed by atoms with Crippen LogP contribution in [0.1, 0.15) is 15.2 Å². The van der Waals surface area contributed by atoms with Gasteiger partial charge >= 0.3 is 0 Å². The summed E-state index contributed by atoms with van der Waals surface area (Å²) in [6.45, 7) is 2.00. The van der Waals surface area contributed by atoms with Crippen LogP contribution in [-0.4, -0.2) is 12.5 Å². The first-order valence-corrected chi connectivity index (χ1v) is 4.32. The standard InChI is InChI=1S/C8H8N2OS/c1-6-4-7(5-12-6)8(11)10-3-2-9/h4-5H,3H2,1H3,(H,10,11). The number of hydrogen-bond acceptors (Lipinski definition) is 3. The average Bonchev–Trinajstić information content (AvgIpc) is 2.47. The van der Waals surface area contributed by atoms with E-state index in [1.165, 1.54) is 11.3 Å². The van der Waals surface area contributed by atoms with Crippen molar-refractivity contribution in [2.45, 2.75) is 6.92 Å². The highest BCUT2D eigenvalue weighted by molar-refractivity contribution is 7.10. The first-order chi connectivity index (χ1) is 5.74. The summed E-state index contributed by atoms with van der Waals surface area (Å²) in [5.41, 5.74) is 0.632. The maximum Gasteiger partial charge on any atom is 0.252 e. The molecule has 62 valence electrons. The molecule has 0 aliphatic rings. The van der Waals surface area contributed by atoms with E-state index in [1.54, 1.807) is 11.4 Å². The molecule has 0 saturated heterocycles. The van der Waals surface area contributed by atoms with E-state index in [1.807, 2.05) is 13.0 Å². The van der Waals surface area contributed by atoms with E-state index in [2.05, 4.69) is 5.32 Å². The van der Waals surface area contributed by atoms with E-state index < -0.39 is 0 Å². The summed E-state index contributed by atoms with van der Waals surface area (Å²) >= 11 is 1.52. The number of hydrogen-bond donors (Lipinski definition) is 1. The van der Waals surface area contributed by atoms with Gasteiger partial charge in [-0.25, -0.2) is 0 Å². The maximum absolute atomic E-state index is 11.2. The molecule has 0 atom stereocenters. The second-order valence-electron chi connectivity index (χ2n) is 2.29. The molecule has 1 N–H and O–H groups in total. The van der Waals surface area contributed by atoms with Crippen LogP contribution in [0.3, 0.4) is 0 Å². The second kappa shape index (κ2) is 3.88. The minimum Gasteiger partial charge on any atom is -0.339 e. The third kappa shape index (κ3) is 2.07. The molecule has 0 aromatic carbocycles. The normalized spacial score (nSPS) is 9.00. The zero-order valence-electron chi connectivity index (χ0n) is 6.63. The number of thiophene rings is 1. The Labute approximate surface area is 74.6 Å². The van der Waals surface area contributed by atoms with Crippen molar-refractivity contribution in [3.05, 3.63) is 21.9 Å². The van der Waals surface area contributed by atoms with Crippen molar-refractivity contribution in [1.29, 1.82) is 5.26 Å². The number of carbonyl (C=O) groups excluding carboxylic acids is 1. The van der Waals surface area contributed by atoms with Crippen LogP contribution >= 0.6 is 11.3 Å². The van der Waals surface area contributed by atoms with Crippen molar-refractivity contribution >= 4 is 17.2 Å². The van der Waals surface area contributed by atoms with Crippen LogP contribution in [0.25, 0.3) is 0 Å². The lowest BCUT2D eigenvalue weighted by Gasteiger charge is -1.95. The summed E-state index contributed by atoms with van der Waals surface area (Å²) in [6, 6.07) is 3.65. The summed E-state index contributed by atoms with van der Waals surface area (Å²) in [7, 11) is 0. The molecule has 1 aromatic heterocycles. The van der Waals surface area contributed by atoms with Gasteiger partial charge in [-0.1, -0.05) is 0 Å². The number of aryl methyl sites for hydroxylation is 1. The van der Waals surface area contributed by atoms with Gasteiger partial charge in [0, 0.05) is 10.3 Å². The van der Waals surface area contributed by atoms with Crippen LogP contribution in [0.2, 0.25) is 0 Å². The van der Waals surface area contributed by atoms with Crippen LogP contribution in [0.4, 0.5) is 0 Å². The molecule has 1 heterocycles. The molecule has 0 bridgehead atoms. The summed E-state index contributed by atoms with van der Waals surface area (Å²) in [5.74, 6) is -0.180. The van der Waals surface area contributed by atoms with Crippen LogP contribution in [-0.2, 0) is 0 Å². The van der Waals surface area contributed by atoms with E-state index >= 15 is 0 Å². The molecule has 0 unspecified atom stereocenters. The van der Waals surface area contributed by atoms with E-state index in [0.717, 1.165) is 4.88 Å². The van der Waals surface area contributed by atoms with Gasteiger partial charge in [0.1, 0.15) is 6.54 Å². The largest absolute Gasteiger partial charge is 0.339 e. The van der Waals surface area contributed by atoms with Crippen molar-refractivity contribution in [3.8, 4) is 6.07 Å². The summed E-state index contributed by atoms with van der Waals surface area (Å²) in [6.07, 6.45) is 0. The van der Waals surface area contributed by atoms with E-state index in [9.17, 15) is 4.79 Å². The molecule has 1 amide bonds. The fourth-order valence-corrected chi connectivity index (χ4v) is 1.47. The minimum absolute atomic E-state index is 0.0632. The highest BCUT2D eigenvalue weighted by atomic mass is 32.1. The molecule has 3 nitrogen and oxygen atoms in total. The molecule has 0 aliphatic carbocycles. The molecular formula is C8H8N2OS. The zero-order valence-corrected chi connectivity index (χ0v) is 7.44. The molecular weight excluding hydrogens is 172 g/mol. The molecule has 1 aromatic rings. The zero-order chi connectivity index (χ0) is 8.97. The third-order valence-corrected chi connectivity index (χ3v) is 2.18. The first-order valence-electron chi connectivity index (χ1n) is 3.44. The molecule has 0 radical (unpaired) electrons. The Kier molecular flexibility index (Phi) is 2.83. The molecule has 1 rings (SSSR count). The van der Waals surface area contributed by atoms with E-state index in [4.69, 9.17) is 5.26 Å². The van der Waals surface area contributed by atoms with E-state index in [-0.39, 0.29) is 12.5 Å². The Morgan fingerprint density at radius 2 is 2.58 bits per heavy atom. The summed E-state index contributed by atoms with van der Waals surface area (Å²) in [5, 5.41) is 12.5. The Bertz CT molecular complexity index is 324. The molecule has 0 fully saturated rings. The van der Waals surface area contributed by atoms with E-state index in [0.29, 0.717) is 5.56 Å².